The molecule has 2 aromatic carbocycles. The highest BCUT2D eigenvalue weighted by Crippen LogP contribution is 2.45. The third kappa shape index (κ3) is 3.74. The molecule has 4 aromatic rings. The standard InChI is InChI=1S/C22H17Cl2N3OS2/c1-27-7-6-15-18(11-27)30-22(26-20(28)12-8-13(23)10-14(24)9-12)19(15)21-25-16-4-2-3-5-17(16)29-21/h2-5,8-10H,6-7,11H2,1H3,(H,26,28). The molecular weight excluding hydrogens is 457 g/mol. The second-order valence-electron chi connectivity index (χ2n) is 7.29. The van der Waals surface area contributed by atoms with Gasteiger partial charge in [0, 0.05) is 39.1 Å². The first kappa shape index (κ1) is 20.0. The topological polar surface area (TPSA) is 45.2 Å². The van der Waals surface area contributed by atoms with Crippen LogP contribution in [0.5, 0.6) is 0 Å². The van der Waals surface area contributed by atoms with Gasteiger partial charge in [0.1, 0.15) is 10.0 Å². The molecule has 30 heavy (non-hydrogen) atoms. The van der Waals surface area contributed by atoms with Gasteiger partial charge in [0.15, 0.2) is 0 Å². The predicted molar refractivity (Wildman–Crippen MR) is 127 cm³/mol. The average Bonchev–Trinajstić information content (AvgIpc) is 3.27. The van der Waals surface area contributed by atoms with E-state index in [1.54, 1.807) is 40.9 Å². The maximum atomic E-state index is 13.0. The van der Waals surface area contributed by atoms with Crippen LogP contribution in [0.3, 0.4) is 0 Å². The van der Waals surface area contributed by atoms with Crippen LogP contribution < -0.4 is 5.32 Å². The third-order valence-electron chi connectivity index (χ3n) is 5.11. The molecule has 4 nitrogen and oxygen atoms in total. The van der Waals surface area contributed by atoms with E-state index in [0.717, 1.165) is 45.3 Å². The molecule has 1 aliphatic heterocycles. The fourth-order valence-corrected chi connectivity index (χ4v) is 6.64. The minimum absolute atomic E-state index is 0.228. The Balaban J connectivity index is 1.60. The van der Waals surface area contributed by atoms with Crippen LogP contribution in [-0.4, -0.2) is 29.4 Å². The van der Waals surface area contributed by atoms with Crippen molar-refractivity contribution in [2.75, 3.05) is 18.9 Å². The van der Waals surface area contributed by atoms with Gasteiger partial charge < -0.3 is 10.2 Å². The number of anilines is 1. The zero-order chi connectivity index (χ0) is 20.8. The average molecular weight is 474 g/mol. The molecule has 1 aliphatic rings. The predicted octanol–water partition coefficient (Wildman–Crippen LogP) is 6.57. The number of hydrogen-bond donors (Lipinski definition) is 1. The van der Waals surface area contributed by atoms with Crippen molar-refractivity contribution >= 4 is 67.0 Å². The van der Waals surface area contributed by atoms with Gasteiger partial charge in [-0.15, -0.1) is 22.7 Å². The number of nitrogens with one attached hydrogen (secondary N) is 1. The molecule has 0 saturated heterocycles. The molecule has 1 amide bonds. The number of likely N-dealkylation sites (N-methyl/N-ethyl adjacent to an activating group) is 1. The normalized spacial score (nSPS) is 14.1. The maximum absolute atomic E-state index is 13.0. The van der Waals surface area contributed by atoms with Gasteiger partial charge in [-0.05, 0) is 49.4 Å². The number of hydrogen-bond acceptors (Lipinski definition) is 5. The molecule has 0 saturated carbocycles. The van der Waals surface area contributed by atoms with Gasteiger partial charge in [0.05, 0.1) is 10.2 Å². The van der Waals surface area contributed by atoms with Crippen molar-refractivity contribution in [1.82, 2.24) is 9.88 Å². The summed E-state index contributed by atoms with van der Waals surface area (Å²) in [5.74, 6) is -0.228. The van der Waals surface area contributed by atoms with Crippen LogP contribution in [0.2, 0.25) is 10.0 Å². The Bertz CT molecular complexity index is 1230. The smallest absolute Gasteiger partial charge is 0.256 e. The molecule has 0 spiro atoms. The molecule has 152 valence electrons. The number of aromatic nitrogens is 1. The lowest BCUT2D eigenvalue weighted by atomic mass is 10.0. The molecule has 0 radical (unpaired) electrons. The summed E-state index contributed by atoms with van der Waals surface area (Å²) in [6.45, 7) is 1.86. The first-order chi connectivity index (χ1) is 14.5. The van der Waals surface area contributed by atoms with Crippen molar-refractivity contribution in [3.8, 4) is 10.6 Å². The van der Waals surface area contributed by atoms with Gasteiger partial charge in [-0.3, -0.25) is 4.79 Å². The molecule has 0 fully saturated rings. The summed E-state index contributed by atoms with van der Waals surface area (Å²) in [5, 5.41) is 5.75. The summed E-state index contributed by atoms with van der Waals surface area (Å²) in [7, 11) is 2.12. The molecule has 0 unspecified atom stereocenters. The molecule has 2 aromatic heterocycles. The number of thiophene rings is 1. The highest BCUT2D eigenvalue weighted by Gasteiger charge is 2.27. The summed E-state index contributed by atoms with van der Waals surface area (Å²) >= 11 is 15.5. The number of nitrogens with zero attached hydrogens (tertiary/aromatic N) is 2. The third-order valence-corrected chi connectivity index (χ3v) is 7.73. The summed E-state index contributed by atoms with van der Waals surface area (Å²) in [6.07, 6.45) is 0.937. The van der Waals surface area contributed by atoms with E-state index in [1.165, 1.54) is 10.4 Å². The fourth-order valence-electron chi connectivity index (χ4n) is 3.68. The van der Waals surface area contributed by atoms with E-state index in [1.807, 2.05) is 18.2 Å². The zero-order valence-corrected chi connectivity index (χ0v) is 19.2. The molecule has 1 N–H and O–H groups in total. The fraction of sp³-hybridized carbons (Fsp3) is 0.182. The van der Waals surface area contributed by atoms with Gasteiger partial charge in [0.2, 0.25) is 0 Å². The Morgan fingerprint density at radius 3 is 2.67 bits per heavy atom. The van der Waals surface area contributed by atoms with Crippen LogP contribution in [0.1, 0.15) is 20.8 Å². The monoisotopic (exact) mass is 473 g/mol. The number of benzene rings is 2. The Morgan fingerprint density at radius 1 is 1.13 bits per heavy atom. The van der Waals surface area contributed by atoms with Gasteiger partial charge >= 0.3 is 0 Å². The summed E-state index contributed by atoms with van der Waals surface area (Å²) < 4.78 is 1.14. The lowest BCUT2D eigenvalue weighted by Gasteiger charge is -2.22. The number of carbonyl (C=O) groups is 1. The van der Waals surface area contributed by atoms with Gasteiger partial charge in [-0.1, -0.05) is 35.3 Å². The zero-order valence-electron chi connectivity index (χ0n) is 16.0. The van der Waals surface area contributed by atoms with Crippen LogP contribution >= 0.6 is 45.9 Å². The molecular formula is C22H17Cl2N3OS2. The minimum Gasteiger partial charge on any atom is -0.313 e. The second-order valence-corrected chi connectivity index (χ2v) is 10.3. The van der Waals surface area contributed by atoms with Gasteiger partial charge in [0.25, 0.3) is 5.91 Å². The van der Waals surface area contributed by atoms with E-state index in [-0.39, 0.29) is 5.91 Å². The van der Waals surface area contributed by atoms with Gasteiger partial charge in [-0.25, -0.2) is 4.98 Å². The van der Waals surface area contributed by atoms with E-state index >= 15 is 0 Å². The number of halogens is 2. The molecule has 0 bridgehead atoms. The Morgan fingerprint density at radius 2 is 1.90 bits per heavy atom. The molecule has 8 heteroatoms. The van der Waals surface area contributed by atoms with E-state index in [9.17, 15) is 4.79 Å². The van der Waals surface area contributed by atoms with Crippen molar-refractivity contribution < 1.29 is 4.79 Å². The first-order valence-electron chi connectivity index (χ1n) is 9.44. The van der Waals surface area contributed by atoms with Crippen LogP contribution in [0.15, 0.2) is 42.5 Å². The van der Waals surface area contributed by atoms with E-state index in [4.69, 9.17) is 28.2 Å². The van der Waals surface area contributed by atoms with Crippen LogP contribution in [0.25, 0.3) is 20.8 Å². The van der Waals surface area contributed by atoms with E-state index in [0.29, 0.717) is 15.6 Å². The first-order valence-corrected chi connectivity index (χ1v) is 11.8. The highest BCUT2D eigenvalue weighted by atomic mass is 35.5. The molecule has 5 rings (SSSR count). The highest BCUT2D eigenvalue weighted by molar-refractivity contribution is 7.23. The Hall–Kier alpha value is -1.96. The van der Waals surface area contributed by atoms with Crippen molar-refractivity contribution in [3.63, 3.8) is 0 Å². The lowest BCUT2D eigenvalue weighted by molar-refractivity contribution is 0.102. The van der Waals surface area contributed by atoms with Crippen molar-refractivity contribution in [2.24, 2.45) is 0 Å². The Kier molecular flexibility index (Phi) is 5.29. The largest absolute Gasteiger partial charge is 0.313 e. The van der Waals surface area contributed by atoms with E-state index in [2.05, 4.69) is 23.3 Å². The van der Waals surface area contributed by atoms with Crippen LogP contribution in [-0.2, 0) is 13.0 Å². The molecule has 3 heterocycles. The van der Waals surface area contributed by atoms with Gasteiger partial charge in [-0.2, -0.15) is 0 Å². The molecule has 0 aliphatic carbocycles. The van der Waals surface area contributed by atoms with Crippen molar-refractivity contribution in [1.29, 1.82) is 0 Å². The summed E-state index contributed by atoms with van der Waals surface area (Å²) in [5.41, 5.74) is 3.75. The molecule has 0 atom stereocenters. The van der Waals surface area contributed by atoms with Crippen molar-refractivity contribution in [3.05, 3.63) is 68.5 Å². The Labute approximate surface area is 192 Å². The minimum atomic E-state index is -0.228. The number of rotatable bonds is 3. The van der Waals surface area contributed by atoms with Crippen molar-refractivity contribution in [2.45, 2.75) is 13.0 Å². The lowest BCUT2D eigenvalue weighted by Crippen LogP contribution is -2.25. The maximum Gasteiger partial charge on any atom is 0.256 e. The summed E-state index contributed by atoms with van der Waals surface area (Å²) in [6, 6.07) is 13.0. The number of thiazole rings is 1. The number of para-hydroxylation sites is 1. The summed E-state index contributed by atoms with van der Waals surface area (Å²) in [4.78, 5) is 21.4. The number of amides is 1. The van der Waals surface area contributed by atoms with Crippen LogP contribution in [0, 0.1) is 0 Å². The van der Waals surface area contributed by atoms with E-state index < -0.39 is 0 Å². The second kappa shape index (κ2) is 7.94. The SMILES string of the molecule is CN1CCc2c(sc(NC(=O)c3cc(Cl)cc(Cl)c3)c2-c2nc3ccccc3s2)C1. The van der Waals surface area contributed by atoms with Crippen LogP contribution in [0.4, 0.5) is 5.00 Å². The quantitative estimate of drug-likeness (QED) is 0.365. The number of carbonyl (C=O) groups excluding carboxylic acids is 1. The number of fused-ring (bicyclic) bond motifs is 2.